The van der Waals surface area contributed by atoms with Gasteiger partial charge in [0.25, 0.3) is 0 Å². The number of rotatable bonds is 2. The molecule has 0 spiro atoms. The summed E-state index contributed by atoms with van der Waals surface area (Å²) in [4.78, 5) is 21.7. The average Bonchev–Trinajstić information content (AvgIpc) is 2.30. The van der Waals surface area contributed by atoms with E-state index in [2.05, 4.69) is 11.3 Å². The Labute approximate surface area is 92.3 Å². The van der Waals surface area contributed by atoms with Crippen molar-refractivity contribution in [1.29, 1.82) is 0 Å². The van der Waals surface area contributed by atoms with Crippen LogP contribution in [0, 0.1) is 23.3 Å². The van der Waals surface area contributed by atoms with Crippen molar-refractivity contribution in [2.45, 2.75) is 0 Å². The molecule has 90 valence electrons. The number of benzene rings is 1. The highest BCUT2D eigenvalue weighted by Gasteiger charge is 2.24. The summed E-state index contributed by atoms with van der Waals surface area (Å²) in [7, 11) is 0. The molecule has 0 unspecified atom stereocenters. The second-order valence-corrected chi connectivity index (χ2v) is 2.76. The zero-order valence-electron chi connectivity index (χ0n) is 8.10. The van der Waals surface area contributed by atoms with Crippen molar-refractivity contribution in [3.63, 3.8) is 0 Å². The number of hydrogen-bond donors (Lipinski definition) is 0. The van der Waals surface area contributed by atoms with E-state index in [1.165, 1.54) is 0 Å². The van der Waals surface area contributed by atoms with Gasteiger partial charge in [0.15, 0.2) is 23.3 Å². The second kappa shape index (κ2) is 4.77. The summed E-state index contributed by atoms with van der Waals surface area (Å²) in [6.45, 7) is 2.95. The summed E-state index contributed by atoms with van der Waals surface area (Å²) in [5.41, 5.74) is -1.23. The first-order valence-corrected chi connectivity index (χ1v) is 4.10. The Morgan fingerprint density at radius 3 is 2.24 bits per heavy atom. The van der Waals surface area contributed by atoms with Gasteiger partial charge in [-0.2, -0.15) is 0 Å². The molecule has 0 aliphatic rings. The van der Waals surface area contributed by atoms with Gasteiger partial charge in [-0.25, -0.2) is 27.2 Å². The maximum absolute atomic E-state index is 13.0. The first-order valence-electron chi connectivity index (χ1n) is 4.10. The van der Waals surface area contributed by atoms with Crippen LogP contribution in [0.1, 0.15) is 10.4 Å². The maximum atomic E-state index is 13.0. The van der Waals surface area contributed by atoms with Gasteiger partial charge in [-0.3, -0.25) is 0 Å². The predicted octanol–water partition coefficient (Wildman–Crippen LogP) is 2.11. The van der Waals surface area contributed by atoms with Crippen molar-refractivity contribution in [2.75, 3.05) is 0 Å². The quantitative estimate of drug-likeness (QED) is 0.201. The molecule has 0 aliphatic carbocycles. The van der Waals surface area contributed by atoms with E-state index >= 15 is 0 Å². The minimum absolute atomic E-state index is 0.0897. The van der Waals surface area contributed by atoms with E-state index in [9.17, 15) is 27.2 Å². The van der Waals surface area contributed by atoms with Gasteiger partial charge in [-0.05, 0) is 6.07 Å². The topological polar surface area (TPSA) is 43.4 Å². The van der Waals surface area contributed by atoms with Crippen LogP contribution in [-0.2, 0) is 9.53 Å². The Morgan fingerprint density at radius 2 is 1.71 bits per heavy atom. The predicted molar refractivity (Wildman–Crippen MR) is 46.9 cm³/mol. The third-order valence-corrected chi connectivity index (χ3v) is 1.68. The minimum Gasteiger partial charge on any atom is -0.386 e. The van der Waals surface area contributed by atoms with E-state index in [-0.39, 0.29) is 6.07 Å². The van der Waals surface area contributed by atoms with E-state index in [1.807, 2.05) is 0 Å². The fourth-order valence-corrected chi connectivity index (χ4v) is 0.909. The van der Waals surface area contributed by atoms with Crippen LogP contribution in [0.5, 0.6) is 0 Å². The van der Waals surface area contributed by atoms with Crippen LogP contribution in [0.3, 0.4) is 0 Å². The Morgan fingerprint density at radius 1 is 1.12 bits per heavy atom. The first-order chi connectivity index (χ1) is 7.88. The molecule has 0 heterocycles. The molecule has 0 N–H and O–H groups in total. The van der Waals surface area contributed by atoms with E-state index in [4.69, 9.17) is 0 Å². The molecule has 0 atom stereocenters. The van der Waals surface area contributed by atoms with Gasteiger partial charge >= 0.3 is 11.9 Å². The molecular weight excluding hydrogens is 244 g/mol. The molecule has 7 heteroatoms. The highest BCUT2D eigenvalue weighted by atomic mass is 19.2. The normalized spacial score (nSPS) is 9.88. The maximum Gasteiger partial charge on any atom is 0.349 e. The molecule has 1 rings (SSSR count). The van der Waals surface area contributed by atoms with E-state index < -0.39 is 40.8 Å². The molecule has 17 heavy (non-hydrogen) atoms. The summed E-state index contributed by atoms with van der Waals surface area (Å²) >= 11 is 0. The van der Waals surface area contributed by atoms with Crippen molar-refractivity contribution in [1.82, 2.24) is 0 Å². The van der Waals surface area contributed by atoms with Gasteiger partial charge in [0, 0.05) is 6.08 Å². The van der Waals surface area contributed by atoms with Crippen LogP contribution in [0.4, 0.5) is 17.6 Å². The van der Waals surface area contributed by atoms with E-state index in [1.54, 1.807) is 0 Å². The molecule has 0 saturated carbocycles. The van der Waals surface area contributed by atoms with Crippen LogP contribution in [0.25, 0.3) is 0 Å². The first kappa shape index (κ1) is 12.9. The lowest BCUT2D eigenvalue weighted by Crippen LogP contribution is -2.14. The molecule has 1 aromatic rings. The third-order valence-electron chi connectivity index (χ3n) is 1.68. The van der Waals surface area contributed by atoms with Gasteiger partial charge in [-0.15, -0.1) is 0 Å². The van der Waals surface area contributed by atoms with Crippen LogP contribution >= 0.6 is 0 Å². The highest BCUT2D eigenvalue weighted by molar-refractivity contribution is 5.99. The fraction of sp³-hybridized carbons (Fsp3) is 0. The third kappa shape index (κ3) is 2.49. The SMILES string of the molecule is C=CC(=O)OC(=O)c1cc(F)c(F)c(F)c1F. The van der Waals surface area contributed by atoms with Crippen molar-refractivity contribution < 1.29 is 31.9 Å². The molecular formula is C10H4F4O3. The molecule has 0 saturated heterocycles. The zero-order chi connectivity index (χ0) is 13.2. The van der Waals surface area contributed by atoms with Gasteiger partial charge in [0.05, 0.1) is 0 Å². The van der Waals surface area contributed by atoms with Gasteiger partial charge in [0.1, 0.15) is 5.56 Å². The lowest BCUT2D eigenvalue weighted by molar-refractivity contribution is -0.132. The van der Waals surface area contributed by atoms with Gasteiger partial charge < -0.3 is 4.74 Å². The smallest absolute Gasteiger partial charge is 0.349 e. The lowest BCUT2D eigenvalue weighted by Gasteiger charge is -2.04. The monoisotopic (exact) mass is 248 g/mol. The minimum atomic E-state index is -2.16. The summed E-state index contributed by atoms with van der Waals surface area (Å²) < 4.78 is 54.9. The Balaban J connectivity index is 3.19. The van der Waals surface area contributed by atoms with Crippen molar-refractivity contribution in [3.8, 4) is 0 Å². The van der Waals surface area contributed by atoms with Crippen LogP contribution in [0.15, 0.2) is 18.7 Å². The molecule has 0 aromatic heterocycles. The van der Waals surface area contributed by atoms with Crippen LogP contribution in [-0.4, -0.2) is 11.9 Å². The number of hydrogen-bond acceptors (Lipinski definition) is 3. The second-order valence-electron chi connectivity index (χ2n) is 2.76. The summed E-state index contributed by atoms with van der Waals surface area (Å²) in [5.74, 6) is -10.8. The van der Waals surface area contributed by atoms with Crippen molar-refractivity contribution >= 4 is 11.9 Å². The molecule has 1 aromatic carbocycles. The average molecular weight is 248 g/mol. The molecule has 0 bridgehead atoms. The number of esters is 2. The molecule has 0 amide bonds. The Kier molecular flexibility index (Phi) is 3.62. The Bertz CT molecular complexity index is 511. The van der Waals surface area contributed by atoms with Crippen molar-refractivity contribution in [2.24, 2.45) is 0 Å². The number of carbonyl (C=O) groups excluding carboxylic acids is 2. The number of ether oxygens (including phenoxy) is 1. The van der Waals surface area contributed by atoms with E-state index in [0.717, 1.165) is 0 Å². The fourth-order valence-electron chi connectivity index (χ4n) is 0.909. The largest absolute Gasteiger partial charge is 0.386 e. The van der Waals surface area contributed by atoms with E-state index in [0.29, 0.717) is 6.08 Å². The van der Waals surface area contributed by atoms with Crippen LogP contribution < -0.4 is 0 Å². The lowest BCUT2D eigenvalue weighted by atomic mass is 10.2. The molecule has 0 fully saturated rings. The van der Waals surface area contributed by atoms with Gasteiger partial charge in [-0.1, -0.05) is 6.58 Å². The highest BCUT2D eigenvalue weighted by Crippen LogP contribution is 2.19. The zero-order valence-corrected chi connectivity index (χ0v) is 8.10. The Hall–Kier alpha value is -2.18. The standard InChI is InChI=1S/C10H4F4O3/c1-2-6(15)17-10(16)4-3-5(11)8(13)9(14)7(4)12/h2-3H,1H2. The van der Waals surface area contributed by atoms with Crippen LogP contribution in [0.2, 0.25) is 0 Å². The summed E-state index contributed by atoms with van der Waals surface area (Å²) in [5, 5.41) is 0. The van der Waals surface area contributed by atoms with Gasteiger partial charge in [0.2, 0.25) is 0 Å². The molecule has 0 radical (unpaired) electrons. The number of carbonyl (C=O) groups is 2. The summed E-state index contributed by atoms with van der Waals surface area (Å²) in [6, 6.07) is 0.0897. The number of halogens is 4. The summed E-state index contributed by atoms with van der Waals surface area (Å²) in [6.07, 6.45) is 0.589. The molecule has 3 nitrogen and oxygen atoms in total. The molecule has 0 aliphatic heterocycles. The van der Waals surface area contributed by atoms with Crippen molar-refractivity contribution in [3.05, 3.63) is 47.6 Å².